The van der Waals surface area contributed by atoms with Crippen LogP contribution in [0.5, 0.6) is 0 Å². The number of pyridine rings is 1. The Morgan fingerprint density at radius 3 is 3.08 bits per heavy atom. The first-order valence-corrected chi connectivity index (χ1v) is 3.58. The minimum Gasteiger partial charge on any atom is -0.294 e. The summed E-state index contributed by atoms with van der Waals surface area (Å²) in [5.41, 5.74) is 1.75. The number of fused-ring (bicyclic) bond motifs is 1. The first kappa shape index (κ1) is 6.97. The molecule has 0 aliphatic heterocycles. The van der Waals surface area contributed by atoms with E-state index in [-0.39, 0.29) is 0 Å². The zero-order valence-corrected chi connectivity index (χ0v) is 6.56. The Morgan fingerprint density at radius 1 is 1.50 bits per heavy atom. The molecule has 0 aliphatic rings. The van der Waals surface area contributed by atoms with Crippen LogP contribution in [-0.4, -0.2) is 20.9 Å². The molecule has 0 radical (unpaired) electrons. The van der Waals surface area contributed by atoms with E-state index in [1.165, 1.54) is 0 Å². The summed E-state index contributed by atoms with van der Waals surface area (Å²) < 4.78 is 1.67. The highest BCUT2D eigenvalue weighted by molar-refractivity contribution is 5.71. The Bertz CT molecular complexity index is 433. The normalized spacial score (nSPS) is 10.4. The molecule has 0 fully saturated rings. The molecule has 0 N–H and O–H groups in total. The number of aryl methyl sites for hydroxylation is 1. The molecule has 0 aliphatic carbocycles. The fourth-order valence-electron chi connectivity index (χ4n) is 1.15. The number of carbonyl (C=O) groups is 1. The van der Waals surface area contributed by atoms with Crippen LogP contribution in [0.4, 0.5) is 0 Å². The third kappa shape index (κ3) is 0.812. The van der Waals surface area contributed by atoms with Gasteiger partial charge in [-0.25, -0.2) is 0 Å². The molecule has 2 aromatic heterocycles. The van der Waals surface area contributed by atoms with Gasteiger partial charge in [-0.3, -0.25) is 9.20 Å². The smallest absolute Gasteiger partial charge is 0.201 e. The predicted octanol–water partition coefficient (Wildman–Crippen LogP) is 0.850. The van der Waals surface area contributed by atoms with Crippen molar-refractivity contribution in [2.24, 2.45) is 0 Å². The van der Waals surface area contributed by atoms with Crippen molar-refractivity contribution in [2.75, 3.05) is 0 Å². The largest absolute Gasteiger partial charge is 0.294 e. The van der Waals surface area contributed by atoms with E-state index in [1.807, 2.05) is 19.1 Å². The van der Waals surface area contributed by atoms with Crippen molar-refractivity contribution in [3.63, 3.8) is 0 Å². The molecular weight excluding hydrogens is 154 g/mol. The Labute approximate surface area is 68.8 Å². The van der Waals surface area contributed by atoms with Gasteiger partial charge in [0.15, 0.2) is 11.9 Å². The van der Waals surface area contributed by atoms with Gasteiger partial charge >= 0.3 is 0 Å². The zero-order chi connectivity index (χ0) is 8.55. The minimum atomic E-state index is 0.341. The predicted molar refractivity (Wildman–Crippen MR) is 43.1 cm³/mol. The van der Waals surface area contributed by atoms with Crippen LogP contribution >= 0.6 is 0 Å². The van der Waals surface area contributed by atoms with Crippen molar-refractivity contribution < 1.29 is 4.79 Å². The molecule has 0 saturated heterocycles. The summed E-state index contributed by atoms with van der Waals surface area (Å²) in [6.07, 6.45) is 2.46. The number of aromatic nitrogens is 3. The summed E-state index contributed by atoms with van der Waals surface area (Å²) >= 11 is 0. The van der Waals surface area contributed by atoms with Gasteiger partial charge in [0.1, 0.15) is 0 Å². The topological polar surface area (TPSA) is 47.3 Å². The van der Waals surface area contributed by atoms with E-state index in [4.69, 9.17) is 0 Å². The molecule has 4 nitrogen and oxygen atoms in total. The lowest BCUT2D eigenvalue weighted by molar-refractivity contribution is 0.111. The Hall–Kier alpha value is -1.71. The molecule has 12 heavy (non-hydrogen) atoms. The van der Waals surface area contributed by atoms with E-state index >= 15 is 0 Å². The summed E-state index contributed by atoms with van der Waals surface area (Å²) in [4.78, 5) is 10.5. The second-order valence-electron chi connectivity index (χ2n) is 2.56. The van der Waals surface area contributed by atoms with Crippen molar-refractivity contribution in [2.45, 2.75) is 6.92 Å². The van der Waals surface area contributed by atoms with E-state index in [0.29, 0.717) is 12.1 Å². The van der Waals surface area contributed by atoms with Crippen LogP contribution in [-0.2, 0) is 0 Å². The van der Waals surface area contributed by atoms with E-state index in [1.54, 1.807) is 10.6 Å². The molecule has 0 atom stereocenters. The van der Waals surface area contributed by atoms with Crippen molar-refractivity contribution in [3.05, 3.63) is 29.7 Å². The average Bonchev–Trinajstić information content (AvgIpc) is 2.49. The van der Waals surface area contributed by atoms with Gasteiger partial charge in [0.2, 0.25) is 5.82 Å². The third-order valence-electron chi connectivity index (χ3n) is 1.76. The molecule has 0 saturated carbocycles. The van der Waals surface area contributed by atoms with Crippen LogP contribution in [0.25, 0.3) is 5.65 Å². The van der Waals surface area contributed by atoms with Crippen molar-refractivity contribution in [1.29, 1.82) is 0 Å². The molecule has 0 amide bonds. The Morgan fingerprint density at radius 2 is 2.33 bits per heavy atom. The van der Waals surface area contributed by atoms with Gasteiger partial charge in [-0.1, -0.05) is 6.07 Å². The van der Waals surface area contributed by atoms with Crippen molar-refractivity contribution in [3.8, 4) is 0 Å². The van der Waals surface area contributed by atoms with Gasteiger partial charge in [-0.15, -0.1) is 10.2 Å². The van der Waals surface area contributed by atoms with Gasteiger partial charge < -0.3 is 0 Å². The van der Waals surface area contributed by atoms with Crippen LogP contribution in [0.3, 0.4) is 0 Å². The molecule has 0 spiro atoms. The first-order chi connectivity index (χ1) is 5.83. The average molecular weight is 161 g/mol. The number of carbonyl (C=O) groups excluding carboxylic acids is 1. The summed E-state index contributed by atoms with van der Waals surface area (Å²) in [6.45, 7) is 1.93. The summed E-state index contributed by atoms with van der Waals surface area (Å²) in [5.74, 6) is 0.341. The van der Waals surface area contributed by atoms with E-state index in [0.717, 1.165) is 11.2 Å². The number of rotatable bonds is 1. The maximum absolute atomic E-state index is 10.5. The molecule has 4 heteroatoms. The third-order valence-corrected chi connectivity index (χ3v) is 1.76. The lowest BCUT2D eigenvalue weighted by atomic mass is 10.3. The second-order valence-corrected chi connectivity index (χ2v) is 2.56. The minimum absolute atomic E-state index is 0.341. The lowest BCUT2D eigenvalue weighted by Gasteiger charge is -1.94. The van der Waals surface area contributed by atoms with Gasteiger partial charge in [0.25, 0.3) is 0 Å². The van der Waals surface area contributed by atoms with Gasteiger partial charge in [-0.2, -0.15) is 0 Å². The van der Waals surface area contributed by atoms with Crippen LogP contribution < -0.4 is 0 Å². The zero-order valence-electron chi connectivity index (χ0n) is 6.56. The number of aldehydes is 1. The number of hydrogen-bond donors (Lipinski definition) is 0. The monoisotopic (exact) mass is 161 g/mol. The van der Waals surface area contributed by atoms with Gasteiger partial charge in [-0.05, 0) is 18.6 Å². The van der Waals surface area contributed by atoms with Crippen LogP contribution in [0.15, 0.2) is 18.3 Å². The lowest BCUT2D eigenvalue weighted by Crippen LogP contribution is -1.92. The second kappa shape index (κ2) is 2.41. The molecule has 60 valence electrons. The number of nitrogens with zero attached hydrogens (tertiary/aromatic N) is 3. The fraction of sp³-hybridized carbons (Fsp3) is 0.125. The maximum atomic E-state index is 10.5. The first-order valence-electron chi connectivity index (χ1n) is 3.58. The number of hydrogen-bond acceptors (Lipinski definition) is 3. The van der Waals surface area contributed by atoms with E-state index in [2.05, 4.69) is 10.2 Å². The van der Waals surface area contributed by atoms with Gasteiger partial charge in [0.05, 0.1) is 0 Å². The standard InChI is InChI=1S/C8H7N3O/c1-6-3-2-4-11-7(5-12)9-10-8(6)11/h2-5H,1H3. The highest BCUT2D eigenvalue weighted by Gasteiger charge is 2.03. The molecule has 2 aromatic rings. The molecule has 2 rings (SSSR count). The van der Waals surface area contributed by atoms with Crippen LogP contribution in [0.1, 0.15) is 16.2 Å². The maximum Gasteiger partial charge on any atom is 0.201 e. The Balaban J connectivity index is 2.88. The quantitative estimate of drug-likeness (QED) is 0.582. The summed E-state index contributed by atoms with van der Waals surface area (Å²) in [7, 11) is 0. The van der Waals surface area contributed by atoms with Crippen molar-refractivity contribution >= 4 is 11.9 Å². The van der Waals surface area contributed by atoms with Crippen LogP contribution in [0.2, 0.25) is 0 Å². The Kier molecular flexibility index (Phi) is 1.40. The highest BCUT2D eigenvalue weighted by atomic mass is 16.1. The molecule has 0 unspecified atom stereocenters. The van der Waals surface area contributed by atoms with E-state index < -0.39 is 0 Å². The molecule has 2 heterocycles. The van der Waals surface area contributed by atoms with Gasteiger partial charge in [0, 0.05) is 6.20 Å². The van der Waals surface area contributed by atoms with E-state index in [9.17, 15) is 4.79 Å². The van der Waals surface area contributed by atoms with Crippen LogP contribution in [0, 0.1) is 6.92 Å². The molecular formula is C8H7N3O. The molecule has 0 aromatic carbocycles. The van der Waals surface area contributed by atoms with Crippen molar-refractivity contribution in [1.82, 2.24) is 14.6 Å². The summed E-state index contributed by atoms with van der Waals surface area (Å²) in [6, 6.07) is 3.79. The molecule has 0 bridgehead atoms. The fourth-order valence-corrected chi connectivity index (χ4v) is 1.15. The highest BCUT2D eigenvalue weighted by Crippen LogP contribution is 2.06. The SMILES string of the molecule is Cc1cccn2c(C=O)nnc12. The summed E-state index contributed by atoms with van der Waals surface area (Å²) in [5, 5.41) is 7.59.